The van der Waals surface area contributed by atoms with Crippen molar-refractivity contribution in [2.75, 3.05) is 20.1 Å². The van der Waals surface area contributed by atoms with Gasteiger partial charge in [-0.15, -0.1) is 0 Å². The highest BCUT2D eigenvalue weighted by atomic mass is 16.2. The Hall–Kier alpha value is -1.36. The summed E-state index contributed by atoms with van der Waals surface area (Å²) in [5, 5.41) is 7.45. The highest BCUT2D eigenvalue weighted by molar-refractivity contribution is 5.92. The number of carbonyl (C=O) groups excluding carboxylic acids is 1. The Morgan fingerprint density at radius 3 is 2.62 bits per heavy atom. The van der Waals surface area contributed by atoms with E-state index >= 15 is 0 Å². The summed E-state index contributed by atoms with van der Waals surface area (Å²) in [7, 11) is 3.92. The molecule has 1 rings (SSSR count). The lowest BCUT2D eigenvalue weighted by Crippen LogP contribution is -2.41. The molecule has 1 heterocycles. The topological polar surface area (TPSA) is 50.2 Å². The summed E-state index contributed by atoms with van der Waals surface area (Å²) in [4.78, 5) is 14.6. The van der Waals surface area contributed by atoms with E-state index in [0.717, 1.165) is 25.1 Å². The molecule has 21 heavy (non-hydrogen) atoms. The summed E-state index contributed by atoms with van der Waals surface area (Å²) in [5.74, 6) is 0.501. The summed E-state index contributed by atoms with van der Waals surface area (Å²) < 4.78 is 1.68. The van der Waals surface area contributed by atoms with E-state index in [0.29, 0.717) is 24.2 Å². The fraction of sp³-hybridized carbons (Fsp3) is 0.750. The lowest BCUT2D eigenvalue weighted by molar-refractivity contribution is 0.0929. The van der Waals surface area contributed by atoms with Crippen LogP contribution in [0, 0.1) is 5.92 Å². The number of likely N-dealkylation sites (N-methyl/N-ethyl adjacent to an activating group) is 1. The monoisotopic (exact) mass is 294 g/mol. The van der Waals surface area contributed by atoms with Crippen LogP contribution in [0.15, 0.2) is 6.07 Å². The summed E-state index contributed by atoms with van der Waals surface area (Å²) in [5.41, 5.74) is 1.62. The van der Waals surface area contributed by atoms with Gasteiger partial charge in [-0.3, -0.25) is 9.48 Å². The number of aryl methyl sites for hydroxylation is 1. The van der Waals surface area contributed by atoms with E-state index in [-0.39, 0.29) is 5.91 Å². The fourth-order valence-electron chi connectivity index (χ4n) is 2.43. The van der Waals surface area contributed by atoms with Gasteiger partial charge in [-0.25, -0.2) is 0 Å². The maximum atomic E-state index is 12.3. The number of rotatable bonds is 8. The molecular formula is C16H30N4O. The van der Waals surface area contributed by atoms with Gasteiger partial charge in [0.1, 0.15) is 5.69 Å². The Labute approximate surface area is 128 Å². The minimum absolute atomic E-state index is 0.0389. The first-order valence-corrected chi connectivity index (χ1v) is 7.90. The van der Waals surface area contributed by atoms with Gasteiger partial charge in [-0.05, 0) is 38.4 Å². The molecule has 1 aromatic heterocycles. The molecule has 5 heteroatoms. The van der Waals surface area contributed by atoms with E-state index in [2.05, 4.69) is 50.1 Å². The smallest absolute Gasteiger partial charge is 0.269 e. The number of amides is 1. The van der Waals surface area contributed by atoms with Crippen LogP contribution in [-0.2, 0) is 13.5 Å². The van der Waals surface area contributed by atoms with Crippen molar-refractivity contribution in [3.05, 3.63) is 17.5 Å². The molecular weight excluding hydrogens is 264 g/mol. The fourth-order valence-corrected chi connectivity index (χ4v) is 2.43. The zero-order valence-electron chi connectivity index (χ0n) is 14.3. The molecule has 0 aliphatic carbocycles. The van der Waals surface area contributed by atoms with Gasteiger partial charge in [-0.1, -0.05) is 27.7 Å². The lowest BCUT2D eigenvalue weighted by Gasteiger charge is -2.25. The summed E-state index contributed by atoms with van der Waals surface area (Å²) in [6, 6.07) is 2.28. The van der Waals surface area contributed by atoms with Gasteiger partial charge in [0.25, 0.3) is 5.91 Å². The third kappa shape index (κ3) is 5.16. The second-order valence-electron chi connectivity index (χ2n) is 6.09. The Balaban J connectivity index is 2.65. The molecule has 0 fully saturated rings. The molecule has 0 aliphatic heterocycles. The molecule has 1 N–H and O–H groups in total. The minimum atomic E-state index is -0.0389. The molecule has 1 amide bonds. The minimum Gasteiger partial charge on any atom is -0.349 e. The van der Waals surface area contributed by atoms with Crippen molar-refractivity contribution in [2.45, 2.75) is 46.6 Å². The third-order valence-corrected chi connectivity index (χ3v) is 3.87. The van der Waals surface area contributed by atoms with E-state index in [1.807, 2.05) is 13.1 Å². The molecule has 120 valence electrons. The van der Waals surface area contributed by atoms with Gasteiger partial charge in [0.2, 0.25) is 0 Å². The van der Waals surface area contributed by atoms with Crippen LogP contribution in [0.5, 0.6) is 0 Å². The summed E-state index contributed by atoms with van der Waals surface area (Å²) >= 11 is 0. The Bertz CT molecular complexity index is 453. The Kier molecular flexibility index (Phi) is 6.89. The van der Waals surface area contributed by atoms with Crippen LogP contribution in [0.3, 0.4) is 0 Å². The maximum absolute atomic E-state index is 12.3. The predicted octanol–water partition coefficient (Wildman–Crippen LogP) is 2.08. The second-order valence-corrected chi connectivity index (χ2v) is 6.09. The number of nitrogens with one attached hydrogen (secondary N) is 1. The highest BCUT2D eigenvalue weighted by Crippen LogP contribution is 2.09. The van der Waals surface area contributed by atoms with Gasteiger partial charge in [0.15, 0.2) is 0 Å². The molecule has 1 atom stereocenters. The molecule has 0 saturated carbocycles. The first kappa shape index (κ1) is 17.7. The van der Waals surface area contributed by atoms with Crippen molar-refractivity contribution in [2.24, 2.45) is 13.0 Å². The standard InChI is InChI=1S/C16H30N4O/c1-7-14(19(5)8-2)11-17-16(21)15-10-13(9-12(3)4)18-20(15)6/h10,12,14H,7-9,11H2,1-6H3,(H,17,21)/t14-/m1/s1. The van der Waals surface area contributed by atoms with E-state index in [1.54, 1.807) is 4.68 Å². The van der Waals surface area contributed by atoms with Crippen molar-refractivity contribution < 1.29 is 4.79 Å². The molecule has 0 saturated heterocycles. The van der Waals surface area contributed by atoms with Crippen LogP contribution in [0.25, 0.3) is 0 Å². The van der Waals surface area contributed by atoms with Crippen LogP contribution < -0.4 is 5.32 Å². The quantitative estimate of drug-likeness (QED) is 0.798. The third-order valence-electron chi connectivity index (χ3n) is 3.87. The second kappa shape index (κ2) is 8.17. The summed E-state index contributed by atoms with van der Waals surface area (Å²) in [6.45, 7) is 10.2. The van der Waals surface area contributed by atoms with Crippen LogP contribution >= 0.6 is 0 Å². The molecule has 1 aromatic rings. The molecule has 0 spiro atoms. The average Bonchev–Trinajstić information content (AvgIpc) is 2.78. The molecule has 0 radical (unpaired) electrons. The zero-order valence-corrected chi connectivity index (χ0v) is 14.3. The maximum Gasteiger partial charge on any atom is 0.269 e. The molecule has 0 aromatic carbocycles. The van der Waals surface area contributed by atoms with Gasteiger partial charge in [0, 0.05) is 19.6 Å². The number of carbonyl (C=O) groups is 1. The van der Waals surface area contributed by atoms with E-state index in [4.69, 9.17) is 0 Å². The number of nitrogens with zero attached hydrogens (tertiary/aromatic N) is 3. The first-order chi connectivity index (χ1) is 9.88. The molecule has 0 unspecified atom stereocenters. The Morgan fingerprint density at radius 1 is 1.43 bits per heavy atom. The average molecular weight is 294 g/mol. The van der Waals surface area contributed by atoms with Crippen molar-refractivity contribution >= 4 is 5.91 Å². The SMILES string of the molecule is CC[C@H](CNC(=O)c1cc(CC(C)C)nn1C)N(C)CC. The number of hydrogen-bond acceptors (Lipinski definition) is 3. The first-order valence-electron chi connectivity index (χ1n) is 7.90. The lowest BCUT2D eigenvalue weighted by atomic mass is 10.1. The van der Waals surface area contributed by atoms with Gasteiger partial charge < -0.3 is 10.2 Å². The van der Waals surface area contributed by atoms with E-state index in [9.17, 15) is 4.79 Å². The Morgan fingerprint density at radius 2 is 2.10 bits per heavy atom. The normalized spacial score (nSPS) is 13.0. The van der Waals surface area contributed by atoms with Crippen molar-refractivity contribution in [3.8, 4) is 0 Å². The molecule has 0 bridgehead atoms. The largest absolute Gasteiger partial charge is 0.349 e. The van der Waals surface area contributed by atoms with Crippen LogP contribution in [-0.4, -0.2) is 46.8 Å². The highest BCUT2D eigenvalue weighted by Gasteiger charge is 2.16. The van der Waals surface area contributed by atoms with E-state index < -0.39 is 0 Å². The summed E-state index contributed by atoms with van der Waals surface area (Å²) in [6.07, 6.45) is 1.92. The van der Waals surface area contributed by atoms with Crippen LogP contribution in [0.4, 0.5) is 0 Å². The van der Waals surface area contributed by atoms with Crippen molar-refractivity contribution in [1.82, 2.24) is 20.0 Å². The van der Waals surface area contributed by atoms with Gasteiger partial charge in [0.05, 0.1) is 5.69 Å². The molecule has 5 nitrogen and oxygen atoms in total. The van der Waals surface area contributed by atoms with E-state index in [1.165, 1.54) is 0 Å². The number of hydrogen-bond donors (Lipinski definition) is 1. The van der Waals surface area contributed by atoms with Crippen LogP contribution in [0.1, 0.15) is 50.3 Å². The van der Waals surface area contributed by atoms with Gasteiger partial charge in [-0.2, -0.15) is 5.10 Å². The van der Waals surface area contributed by atoms with Gasteiger partial charge >= 0.3 is 0 Å². The molecule has 0 aliphatic rings. The number of aromatic nitrogens is 2. The van der Waals surface area contributed by atoms with Crippen molar-refractivity contribution in [1.29, 1.82) is 0 Å². The predicted molar refractivity (Wildman–Crippen MR) is 86.5 cm³/mol. The van der Waals surface area contributed by atoms with Crippen molar-refractivity contribution in [3.63, 3.8) is 0 Å². The van der Waals surface area contributed by atoms with Crippen LogP contribution in [0.2, 0.25) is 0 Å². The zero-order chi connectivity index (χ0) is 16.0.